The molecular formula is C49H27N5O2S. The van der Waals surface area contributed by atoms with E-state index >= 15 is 0 Å². The van der Waals surface area contributed by atoms with E-state index in [1.54, 1.807) is 11.3 Å². The van der Waals surface area contributed by atoms with Gasteiger partial charge in [0.15, 0.2) is 28.9 Å². The number of thiophene rings is 1. The summed E-state index contributed by atoms with van der Waals surface area (Å²) in [5, 5.41) is 5.25. The second-order valence-corrected chi connectivity index (χ2v) is 15.1. The van der Waals surface area contributed by atoms with Crippen LogP contribution >= 0.6 is 11.3 Å². The molecule has 5 heterocycles. The molecule has 0 fully saturated rings. The third-order valence-electron chi connectivity index (χ3n) is 10.6. The highest BCUT2D eigenvalue weighted by Crippen LogP contribution is 2.43. The summed E-state index contributed by atoms with van der Waals surface area (Å²) in [6.45, 7) is 0. The van der Waals surface area contributed by atoms with Crippen LogP contribution in [-0.2, 0) is 0 Å². The summed E-state index contributed by atoms with van der Waals surface area (Å²) in [6, 6.07) is 55.3. The molecule has 7 nitrogen and oxygen atoms in total. The molecule has 12 aromatic rings. The van der Waals surface area contributed by atoms with Crippen LogP contribution in [0.1, 0.15) is 0 Å². The van der Waals surface area contributed by atoms with Crippen LogP contribution in [0.4, 0.5) is 0 Å². The monoisotopic (exact) mass is 749 g/mol. The fraction of sp³-hybridized carbons (Fsp3) is 0. The molecule has 0 saturated heterocycles. The van der Waals surface area contributed by atoms with Crippen molar-refractivity contribution in [2.45, 2.75) is 0 Å². The average molecular weight is 750 g/mol. The van der Waals surface area contributed by atoms with Crippen LogP contribution in [0.3, 0.4) is 0 Å². The summed E-state index contributed by atoms with van der Waals surface area (Å²) >= 11 is 1.74. The van der Waals surface area contributed by atoms with Gasteiger partial charge in [0.05, 0.1) is 0 Å². The Balaban J connectivity index is 1.05. The smallest absolute Gasteiger partial charge is 0.180 e. The van der Waals surface area contributed by atoms with E-state index in [0.29, 0.717) is 28.9 Å². The van der Waals surface area contributed by atoms with Crippen LogP contribution in [-0.4, -0.2) is 24.9 Å². The average Bonchev–Trinajstić information content (AvgIpc) is 3.97. The van der Waals surface area contributed by atoms with Crippen molar-refractivity contribution in [1.82, 2.24) is 24.9 Å². The molecule has 0 atom stereocenters. The Morgan fingerprint density at radius 1 is 0.368 bits per heavy atom. The number of fused-ring (bicyclic) bond motifs is 9. The Labute approximate surface area is 328 Å². The number of furan rings is 2. The van der Waals surface area contributed by atoms with Crippen LogP contribution in [0.15, 0.2) is 173 Å². The summed E-state index contributed by atoms with van der Waals surface area (Å²) in [7, 11) is 0. The summed E-state index contributed by atoms with van der Waals surface area (Å²) in [5.74, 6) is 2.51. The van der Waals surface area contributed by atoms with Crippen molar-refractivity contribution in [2.24, 2.45) is 0 Å². The molecule has 0 spiro atoms. The van der Waals surface area contributed by atoms with Crippen molar-refractivity contribution in [2.75, 3.05) is 0 Å². The minimum absolute atomic E-state index is 0.619. The SMILES string of the molecule is c1ccc(-c2nc(-c3ccccc3)nc(-c3cccc4sc5cc(-c6nc(-c7ccc8oc9ccccc9c8c7)nc7c6oc6ccccc67)ccc5c34)n2)cc1. The van der Waals surface area contributed by atoms with Crippen LogP contribution in [0.2, 0.25) is 0 Å². The van der Waals surface area contributed by atoms with Crippen LogP contribution in [0.25, 0.3) is 121 Å². The highest BCUT2D eigenvalue weighted by atomic mass is 32.1. The van der Waals surface area contributed by atoms with Crippen molar-refractivity contribution in [3.63, 3.8) is 0 Å². The molecule has 0 amide bonds. The lowest BCUT2D eigenvalue weighted by Gasteiger charge is -2.09. The second-order valence-electron chi connectivity index (χ2n) is 14.0. The predicted octanol–water partition coefficient (Wildman–Crippen LogP) is 13.2. The van der Waals surface area contributed by atoms with Gasteiger partial charge in [0, 0.05) is 64.1 Å². The van der Waals surface area contributed by atoms with Crippen molar-refractivity contribution in [1.29, 1.82) is 0 Å². The van der Waals surface area contributed by atoms with E-state index < -0.39 is 0 Å². The molecule has 7 aromatic carbocycles. The molecule has 0 aliphatic carbocycles. The van der Waals surface area contributed by atoms with E-state index in [4.69, 9.17) is 33.8 Å². The fourth-order valence-corrected chi connectivity index (χ4v) is 9.04. The molecule has 0 bridgehead atoms. The summed E-state index contributed by atoms with van der Waals surface area (Å²) in [4.78, 5) is 25.5. The van der Waals surface area contributed by atoms with Gasteiger partial charge < -0.3 is 8.83 Å². The van der Waals surface area contributed by atoms with E-state index in [1.807, 2.05) is 109 Å². The molecule has 0 aliphatic rings. The van der Waals surface area contributed by atoms with Crippen molar-refractivity contribution >= 4 is 75.5 Å². The van der Waals surface area contributed by atoms with Crippen molar-refractivity contribution in [3.05, 3.63) is 164 Å². The second kappa shape index (κ2) is 12.5. The highest BCUT2D eigenvalue weighted by Gasteiger charge is 2.21. The zero-order valence-corrected chi connectivity index (χ0v) is 30.9. The first-order valence-electron chi connectivity index (χ1n) is 18.7. The predicted molar refractivity (Wildman–Crippen MR) is 230 cm³/mol. The first kappa shape index (κ1) is 31.8. The van der Waals surface area contributed by atoms with E-state index in [1.165, 1.54) is 0 Å². The van der Waals surface area contributed by atoms with E-state index in [-0.39, 0.29) is 0 Å². The lowest BCUT2D eigenvalue weighted by atomic mass is 10.0. The molecule has 266 valence electrons. The van der Waals surface area contributed by atoms with Gasteiger partial charge in [-0.15, -0.1) is 11.3 Å². The third kappa shape index (κ3) is 5.15. The van der Waals surface area contributed by atoms with Gasteiger partial charge in [-0.1, -0.05) is 115 Å². The zero-order valence-electron chi connectivity index (χ0n) is 30.0. The number of benzene rings is 7. The van der Waals surface area contributed by atoms with Gasteiger partial charge in [0.25, 0.3) is 0 Å². The normalized spacial score (nSPS) is 11.9. The Bertz CT molecular complexity index is 3480. The number of nitrogens with zero attached hydrogens (tertiary/aromatic N) is 5. The summed E-state index contributed by atoms with van der Waals surface area (Å²) in [6.07, 6.45) is 0. The lowest BCUT2D eigenvalue weighted by Crippen LogP contribution is -2.00. The first-order chi connectivity index (χ1) is 28.2. The van der Waals surface area contributed by atoms with Crippen LogP contribution in [0, 0.1) is 0 Å². The maximum Gasteiger partial charge on any atom is 0.180 e. The molecule has 0 saturated carbocycles. The minimum Gasteiger partial charge on any atom is -0.456 e. The maximum absolute atomic E-state index is 6.53. The van der Waals surface area contributed by atoms with Gasteiger partial charge >= 0.3 is 0 Å². The van der Waals surface area contributed by atoms with Gasteiger partial charge in [0.1, 0.15) is 28.0 Å². The Kier molecular flexibility index (Phi) is 6.96. The molecule has 8 heteroatoms. The molecule has 0 N–H and O–H groups in total. The lowest BCUT2D eigenvalue weighted by molar-refractivity contribution is 0.667. The molecular weight excluding hydrogens is 723 g/mol. The molecule has 12 rings (SSSR count). The molecule has 0 radical (unpaired) electrons. The first-order valence-corrected chi connectivity index (χ1v) is 19.5. The molecule has 5 aromatic heterocycles. The van der Waals surface area contributed by atoms with Gasteiger partial charge in [-0.25, -0.2) is 24.9 Å². The third-order valence-corrected chi connectivity index (χ3v) is 11.7. The molecule has 0 unspecified atom stereocenters. The van der Waals surface area contributed by atoms with E-state index in [9.17, 15) is 0 Å². The Morgan fingerprint density at radius 2 is 1.00 bits per heavy atom. The van der Waals surface area contributed by atoms with Gasteiger partial charge in [-0.2, -0.15) is 0 Å². The van der Waals surface area contributed by atoms with Gasteiger partial charge in [-0.3, -0.25) is 0 Å². The Hall–Kier alpha value is -7.55. The number of aromatic nitrogens is 5. The van der Waals surface area contributed by atoms with Crippen molar-refractivity contribution in [3.8, 4) is 56.8 Å². The van der Waals surface area contributed by atoms with Gasteiger partial charge in [-0.05, 0) is 48.5 Å². The number of hydrogen-bond acceptors (Lipinski definition) is 8. The standard InChI is InChI=1S/C49H27N5O2S/c1-3-12-28(13-4-1)46-52-47(29-14-5-2-6-15-29)54-49(53-46)35-18-11-21-40-42(35)34-24-22-30(27-41(34)57-40)43-45-44(33-17-8-10-20-38(33)56-45)51-48(50-43)31-23-25-39-36(26-31)32-16-7-9-19-37(32)55-39/h1-27H. The highest BCUT2D eigenvalue weighted by molar-refractivity contribution is 7.26. The quantitative estimate of drug-likeness (QED) is 0.173. The zero-order chi connectivity index (χ0) is 37.5. The fourth-order valence-electron chi connectivity index (χ4n) is 7.87. The van der Waals surface area contributed by atoms with E-state index in [0.717, 1.165) is 92.1 Å². The molecule has 0 aliphatic heterocycles. The van der Waals surface area contributed by atoms with Gasteiger partial charge in [0.2, 0.25) is 0 Å². The molecule has 57 heavy (non-hydrogen) atoms. The minimum atomic E-state index is 0.619. The largest absolute Gasteiger partial charge is 0.456 e. The summed E-state index contributed by atoms with van der Waals surface area (Å²) < 4.78 is 14.9. The topological polar surface area (TPSA) is 90.7 Å². The number of hydrogen-bond donors (Lipinski definition) is 0. The number of para-hydroxylation sites is 2. The van der Waals surface area contributed by atoms with Crippen LogP contribution in [0.5, 0.6) is 0 Å². The Morgan fingerprint density at radius 3 is 1.77 bits per heavy atom. The summed E-state index contributed by atoms with van der Waals surface area (Å²) in [5.41, 5.74) is 9.28. The van der Waals surface area contributed by atoms with E-state index in [2.05, 4.69) is 54.6 Å². The maximum atomic E-state index is 6.53. The van der Waals surface area contributed by atoms with Crippen molar-refractivity contribution < 1.29 is 8.83 Å². The number of rotatable bonds is 5. The van der Waals surface area contributed by atoms with Crippen LogP contribution < -0.4 is 0 Å².